The fourth-order valence-corrected chi connectivity index (χ4v) is 3.00. The predicted molar refractivity (Wildman–Crippen MR) is 56.6 cm³/mol. The molecule has 0 N–H and O–H groups in total. The molecule has 0 amide bonds. The van der Waals surface area contributed by atoms with E-state index in [1.165, 1.54) is 16.2 Å². The van der Waals surface area contributed by atoms with Crippen LogP contribution in [0.2, 0.25) is 5.32 Å². The zero-order chi connectivity index (χ0) is 9.36. The van der Waals surface area contributed by atoms with Crippen molar-refractivity contribution in [3.8, 4) is 0 Å². The number of carbonyl (C=O) groups excluding carboxylic acids is 1. The van der Waals surface area contributed by atoms with Gasteiger partial charge in [0.15, 0.2) is 0 Å². The normalized spacial score (nSPS) is 9.85. The molecule has 1 aromatic rings. The Labute approximate surface area is 85.7 Å². The Kier molecular flexibility index (Phi) is 5.55. The second-order valence-corrected chi connectivity index (χ2v) is 5.28. The van der Waals surface area contributed by atoms with Crippen molar-refractivity contribution < 1.29 is 4.79 Å². The summed E-state index contributed by atoms with van der Waals surface area (Å²) in [4.78, 5) is 10.0. The average molecular weight is 241 g/mol. The molecule has 0 fully saturated rings. The molecule has 1 rings (SSSR count). The number of rotatable bonds is 6. The van der Waals surface area contributed by atoms with E-state index in [-0.39, 0.29) is 0 Å². The third-order valence-corrected chi connectivity index (χ3v) is 4.03. The summed E-state index contributed by atoms with van der Waals surface area (Å²) >= 11 is 0.601. The van der Waals surface area contributed by atoms with Gasteiger partial charge in [-0.25, -0.2) is 0 Å². The molecule has 0 heterocycles. The first-order chi connectivity index (χ1) is 6.43. The van der Waals surface area contributed by atoms with Crippen LogP contribution in [0, 0.1) is 0 Å². The Bertz CT molecular complexity index is 233. The fraction of sp³-hybridized carbons (Fsp3) is 0.364. The number of unbranched alkanes of at least 4 members (excludes halogenated alkanes) is 2. The molecule has 0 aromatic heterocycles. The summed E-state index contributed by atoms with van der Waals surface area (Å²) in [7, 11) is 0. The van der Waals surface area contributed by atoms with Gasteiger partial charge in [-0.15, -0.1) is 0 Å². The number of aldehydes is 1. The summed E-state index contributed by atoms with van der Waals surface area (Å²) < 4.78 is 1.46. The topological polar surface area (TPSA) is 17.1 Å². The minimum absolute atomic E-state index is 0.601. The number of hydrogen-bond acceptors (Lipinski definition) is 1. The zero-order valence-corrected chi connectivity index (χ0v) is 9.32. The summed E-state index contributed by atoms with van der Waals surface area (Å²) in [6.07, 6.45) is 3.98. The van der Waals surface area contributed by atoms with Crippen molar-refractivity contribution in [3.05, 3.63) is 30.3 Å². The first-order valence-corrected chi connectivity index (χ1v) is 6.62. The molecule has 2 heteroatoms. The Morgan fingerprint density at radius 2 is 1.92 bits per heavy atom. The van der Waals surface area contributed by atoms with Crippen LogP contribution in [0.25, 0.3) is 0 Å². The van der Waals surface area contributed by atoms with Gasteiger partial charge in [0.2, 0.25) is 0 Å². The van der Waals surface area contributed by atoms with Crippen molar-refractivity contribution in [3.63, 3.8) is 0 Å². The van der Waals surface area contributed by atoms with Crippen molar-refractivity contribution in [1.29, 1.82) is 0 Å². The fourth-order valence-electron chi connectivity index (χ4n) is 1.04. The van der Waals surface area contributed by atoms with Crippen LogP contribution in [0.15, 0.2) is 30.3 Å². The molecule has 70 valence electrons. The van der Waals surface area contributed by atoms with Crippen LogP contribution >= 0.6 is 0 Å². The van der Waals surface area contributed by atoms with Crippen LogP contribution in [0.4, 0.5) is 0 Å². The van der Waals surface area contributed by atoms with Gasteiger partial charge in [-0.1, -0.05) is 0 Å². The van der Waals surface area contributed by atoms with Gasteiger partial charge in [0.25, 0.3) is 0 Å². The molecule has 1 aromatic carbocycles. The van der Waals surface area contributed by atoms with E-state index in [1.807, 2.05) is 6.07 Å². The molecule has 0 aliphatic carbocycles. The van der Waals surface area contributed by atoms with Crippen LogP contribution in [0.1, 0.15) is 19.3 Å². The quantitative estimate of drug-likeness (QED) is 0.421. The second-order valence-electron chi connectivity index (χ2n) is 2.82. The van der Waals surface area contributed by atoms with E-state index in [4.69, 9.17) is 0 Å². The predicted octanol–water partition coefficient (Wildman–Crippen LogP) is 1.80. The van der Waals surface area contributed by atoms with Crippen molar-refractivity contribution >= 4 is 25.7 Å². The van der Waals surface area contributed by atoms with Crippen LogP contribution in [-0.2, 0) is 4.79 Å². The van der Waals surface area contributed by atoms with Gasteiger partial charge in [-0.05, 0) is 0 Å². The molecule has 1 nitrogen and oxygen atoms in total. The van der Waals surface area contributed by atoms with Crippen LogP contribution in [0.5, 0.6) is 0 Å². The molecular weight excluding hydrogens is 227 g/mol. The summed E-state index contributed by atoms with van der Waals surface area (Å²) in [5.41, 5.74) is 0. The number of hydrogen-bond donors (Lipinski definition) is 0. The standard InChI is InChI=1S/C11H14OSe/c12-9-5-2-6-10-13-11-7-3-1-4-8-11/h1,3-4,7-9H,2,5-6,10H2. The van der Waals surface area contributed by atoms with Crippen LogP contribution < -0.4 is 4.46 Å². The molecule has 0 radical (unpaired) electrons. The minimum atomic E-state index is 0.601. The maximum absolute atomic E-state index is 10.0. The summed E-state index contributed by atoms with van der Waals surface area (Å²) in [5, 5.41) is 1.25. The third-order valence-electron chi connectivity index (χ3n) is 1.73. The Hall–Kier alpha value is -0.591. The van der Waals surface area contributed by atoms with Crippen molar-refractivity contribution in [2.45, 2.75) is 24.6 Å². The first kappa shape index (κ1) is 10.5. The maximum atomic E-state index is 10.0. The van der Waals surface area contributed by atoms with E-state index < -0.39 is 0 Å². The van der Waals surface area contributed by atoms with E-state index in [9.17, 15) is 4.79 Å². The van der Waals surface area contributed by atoms with Gasteiger partial charge < -0.3 is 0 Å². The molecule has 0 saturated carbocycles. The monoisotopic (exact) mass is 242 g/mol. The molecule has 0 bridgehead atoms. The van der Waals surface area contributed by atoms with E-state index in [0.29, 0.717) is 15.0 Å². The van der Waals surface area contributed by atoms with E-state index in [2.05, 4.69) is 24.3 Å². The van der Waals surface area contributed by atoms with Gasteiger partial charge in [0, 0.05) is 0 Å². The van der Waals surface area contributed by atoms with E-state index in [0.717, 1.165) is 19.1 Å². The van der Waals surface area contributed by atoms with Gasteiger partial charge in [0.05, 0.1) is 0 Å². The van der Waals surface area contributed by atoms with Gasteiger partial charge >= 0.3 is 85.4 Å². The average Bonchev–Trinajstić information content (AvgIpc) is 2.19. The van der Waals surface area contributed by atoms with Crippen molar-refractivity contribution in [1.82, 2.24) is 0 Å². The van der Waals surface area contributed by atoms with E-state index >= 15 is 0 Å². The Balaban J connectivity index is 2.10. The summed E-state index contributed by atoms with van der Waals surface area (Å²) in [5.74, 6) is 0. The molecule has 0 unspecified atom stereocenters. The number of carbonyl (C=O) groups is 1. The van der Waals surface area contributed by atoms with Gasteiger partial charge in [-0.2, -0.15) is 0 Å². The molecule has 0 atom stereocenters. The molecule has 0 spiro atoms. The molecular formula is C11H14OSe. The second kappa shape index (κ2) is 6.88. The first-order valence-electron chi connectivity index (χ1n) is 4.55. The molecule has 13 heavy (non-hydrogen) atoms. The summed E-state index contributed by atoms with van der Waals surface area (Å²) in [6.45, 7) is 0. The van der Waals surface area contributed by atoms with Gasteiger partial charge in [0.1, 0.15) is 0 Å². The molecule has 0 saturated heterocycles. The Morgan fingerprint density at radius 1 is 1.15 bits per heavy atom. The van der Waals surface area contributed by atoms with Gasteiger partial charge in [-0.3, -0.25) is 0 Å². The van der Waals surface area contributed by atoms with Crippen LogP contribution in [-0.4, -0.2) is 21.2 Å². The SMILES string of the molecule is O=CCCCC[Se]c1ccccc1. The van der Waals surface area contributed by atoms with E-state index in [1.54, 1.807) is 0 Å². The molecule has 0 aliphatic rings. The van der Waals surface area contributed by atoms with Crippen molar-refractivity contribution in [2.24, 2.45) is 0 Å². The molecule has 0 aliphatic heterocycles. The third kappa shape index (κ3) is 4.87. The zero-order valence-electron chi connectivity index (χ0n) is 7.61. The summed E-state index contributed by atoms with van der Waals surface area (Å²) in [6, 6.07) is 10.6. The van der Waals surface area contributed by atoms with Crippen LogP contribution in [0.3, 0.4) is 0 Å². The van der Waals surface area contributed by atoms with Crippen molar-refractivity contribution in [2.75, 3.05) is 0 Å². The number of benzene rings is 1. The Morgan fingerprint density at radius 3 is 2.62 bits per heavy atom.